The fourth-order valence-corrected chi connectivity index (χ4v) is 6.68. The van der Waals surface area contributed by atoms with Crippen molar-refractivity contribution in [3.63, 3.8) is 0 Å². The van der Waals surface area contributed by atoms with Crippen LogP contribution < -0.4 is 14.4 Å². The smallest absolute Gasteiger partial charge is 0.410 e. The number of anilines is 1. The molecular weight excluding hydrogens is 556 g/mol. The third-order valence-electron chi connectivity index (χ3n) is 8.17. The Balaban J connectivity index is 1.25. The summed E-state index contributed by atoms with van der Waals surface area (Å²) in [5, 5.41) is -0.238. The van der Waals surface area contributed by atoms with Gasteiger partial charge >= 0.3 is 6.09 Å². The zero-order valence-electron chi connectivity index (χ0n) is 25.0. The number of aromatic nitrogens is 1. The molecule has 10 nitrogen and oxygen atoms in total. The topological polar surface area (TPSA) is 118 Å². The molecule has 1 aliphatic heterocycles. The van der Waals surface area contributed by atoms with Gasteiger partial charge in [-0.3, -0.25) is 4.79 Å². The zero-order chi connectivity index (χ0) is 30.1. The van der Waals surface area contributed by atoms with Crippen molar-refractivity contribution in [1.82, 2.24) is 14.6 Å². The summed E-state index contributed by atoms with van der Waals surface area (Å²) < 4.78 is 40.7. The Hall–Kier alpha value is -3.34. The largest absolute Gasteiger partial charge is 0.477 e. The van der Waals surface area contributed by atoms with E-state index in [4.69, 9.17) is 9.47 Å². The lowest BCUT2D eigenvalue weighted by Crippen LogP contribution is -2.50. The molecule has 2 aliphatic carbocycles. The molecule has 1 aromatic heterocycles. The normalized spacial score (nSPS) is 19.2. The number of benzene rings is 1. The number of para-hydroxylation sites is 1. The lowest BCUT2D eigenvalue weighted by Gasteiger charge is -2.36. The molecule has 1 saturated heterocycles. The molecule has 11 heteroatoms. The Kier molecular flexibility index (Phi) is 8.42. The van der Waals surface area contributed by atoms with Gasteiger partial charge in [0.05, 0.1) is 0 Å². The number of nitrogens with zero attached hydrogens (tertiary/aromatic N) is 3. The Morgan fingerprint density at radius 1 is 0.976 bits per heavy atom. The molecule has 0 atom stereocenters. The van der Waals surface area contributed by atoms with Crippen LogP contribution in [-0.4, -0.2) is 67.7 Å². The molecule has 0 radical (unpaired) electrons. The van der Waals surface area contributed by atoms with Crippen LogP contribution in [0.25, 0.3) is 0 Å². The lowest BCUT2D eigenvalue weighted by molar-refractivity contribution is -0.128. The summed E-state index contributed by atoms with van der Waals surface area (Å²) >= 11 is 0. The molecule has 2 amide bonds. The van der Waals surface area contributed by atoms with Gasteiger partial charge in [-0.15, -0.1) is 0 Å². The first-order chi connectivity index (χ1) is 19.9. The maximum Gasteiger partial charge on any atom is 0.410 e. The van der Waals surface area contributed by atoms with Crippen molar-refractivity contribution in [1.29, 1.82) is 0 Å². The van der Waals surface area contributed by atoms with E-state index in [1.165, 1.54) is 25.3 Å². The summed E-state index contributed by atoms with van der Waals surface area (Å²) in [4.78, 5) is 33.7. The number of hydrogen-bond donors (Lipinski definition) is 1. The monoisotopic (exact) mass is 598 g/mol. The van der Waals surface area contributed by atoms with E-state index in [0.29, 0.717) is 56.5 Å². The standard InChI is InChI=1S/C31H42N4O6S/c1-22-10-8-13-24(23-11-6-5-7-12-23)27(22)40-31(16-17-31)28(36)33-42(38,39)26-15-9-14-25(32-26)34-18-20-35(21-19-34)29(37)41-30(2,3)4/h8-10,13-15,23H,5-7,11-12,16-21H2,1-4H3,(H,33,36). The first-order valence-corrected chi connectivity index (χ1v) is 16.4. The third kappa shape index (κ3) is 6.82. The van der Waals surface area contributed by atoms with Crippen molar-refractivity contribution >= 4 is 27.8 Å². The summed E-state index contributed by atoms with van der Waals surface area (Å²) in [6.45, 7) is 9.23. The van der Waals surface area contributed by atoms with E-state index in [-0.39, 0.29) is 11.1 Å². The van der Waals surface area contributed by atoms with E-state index in [9.17, 15) is 18.0 Å². The van der Waals surface area contributed by atoms with Gasteiger partial charge in [0.25, 0.3) is 15.9 Å². The SMILES string of the molecule is Cc1cccc(C2CCCCC2)c1OC1(C(=O)NS(=O)(=O)c2cccc(N3CCN(C(=O)OC(C)(C)C)CC3)n2)CC1. The average Bonchev–Trinajstić information content (AvgIpc) is 3.75. The van der Waals surface area contributed by atoms with Crippen LogP contribution >= 0.6 is 0 Å². The number of piperazine rings is 1. The molecule has 0 spiro atoms. The molecule has 3 fully saturated rings. The van der Waals surface area contributed by atoms with E-state index in [0.717, 1.165) is 24.0 Å². The van der Waals surface area contributed by atoms with Crippen LogP contribution in [0, 0.1) is 6.92 Å². The second-order valence-electron chi connectivity index (χ2n) is 12.6. The van der Waals surface area contributed by atoms with Gasteiger partial charge in [-0.2, -0.15) is 8.42 Å². The minimum Gasteiger partial charge on any atom is -0.477 e. The minimum atomic E-state index is -4.24. The Bertz CT molecular complexity index is 1420. The van der Waals surface area contributed by atoms with Gasteiger partial charge in [-0.05, 0) is 69.7 Å². The Labute approximate surface area is 248 Å². The number of pyridine rings is 1. The molecule has 0 unspecified atom stereocenters. The van der Waals surface area contributed by atoms with Crippen molar-refractivity contribution < 1.29 is 27.5 Å². The van der Waals surface area contributed by atoms with Crippen molar-refractivity contribution in [2.24, 2.45) is 0 Å². The number of amides is 2. The van der Waals surface area contributed by atoms with E-state index in [2.05, 4.69) is 15.8 Å². The van der Waals surface area contributed by atoms with Gasteiger partial charge in [0.1, 0.15) is 17.2 Å². The lowest BCUT2D eigenvalue weighted by atomic mass is 9.83. The van der Waals surface area contributed by atoms with Crippen LogP contribution in [0.3, 0.4) is 0 Å². The molecule has 0 bridgehead atoms. The van der Waals surface area contributed by atoms with Gasteiger partial charge < -0.3 is 19.3 Å². The van der Waals surface area contributed by atoms with E-state index in [1.807, 2.05) is 44.7 Å². The quantitative estimate of drug-likeness (QED) is 0.478. The summed E-state index contributed by atoms with van der Waals surface area (Å²) in [5.41, 5.74) is 0.266. The molecule has 2 aromatic rings. The van der Waals surface area contributed by atoms with Gasteiger partial charge in [0, 0.05) is 39.0 Å². The van der Waals surface area contributed by atoms with Gasteiger partial charge in [-0.25, -0.2) is 14.5 Å². The molecule has 5 rings (SSSR count). The predicted octanol–water partition coefficient (Wildman–Crippen LogP) is 4.91. The number of hydrogen-bond acceptors (Lipinski definition) is 8. The number of nitrogens with one attached hydrogen (secondary N) is 1. The van der Waals surface area contributed by atoms with Crippen molar-refractivity contribution in [2.45, 2.75) is 94.8 Å². The second-order valence-corrected chi connectivity index (χ2v) is 14.3. The Morgan fingerprint density at radius 2 is 1.64 bits per heavy atom. The summed E-state index contributed by atoms with van der Waals surface area (Å²) in [6.07, 6.45) is 6.28. The maximum atomic E-state index is 13.4. The second kappa shape index (κ2) is 11.7. The summed E-state index contributed by atoms with van der Waals surface area (Å²) in [6, 6.07) is 10.8. The van der Waals surface area contributed by atoms with Crippen LogP contribution in [0.1, 0.15) is 82.8 Å². The molecule has 228 valence electrons. The third-order valence-corrected chi connectivity index (χ3v) is 9.40. The number of carbonyl (C=O) groups excluding carboxylic acids is 2. The van der Waals surface area contributed by atoms with Crippen molar-refractivity contribution in [3.05, 3.63) is 47.5 Å². The highest BCUT2D eigenvalue weighted by Crippen LogP contribution is 2.46. The predicted molar refractivity (Wildman–Crippen MR) is 159 cm³/mol. The zero-order valence-corrected chi connectivity index (χ0v) is 25.8. The minimum absolute atomic E-state index is 0.238. The Morgan fingerprint density at radius 3 is 2.29 bits per heavy atom. The fourth-order valence-electron chi connectivity index (χ4n) is 5.68. The first-order valence-electron chi connectivity index (χ1n) is 14.9. The fraction of sp³-hybridized carbons (Fsp3) is 0.581. The highest BCUT2D eigenvalue weighted by atomic mass is 32.2. The van der Waals surface area contributed by atoms with Crippen LogP contribution in [0.15, 0.2) is 41.4 Å². The van der Waals surface area contributed by atoms with E-state index >= 15 is 0 Å². The van der Waals surface area contributed by atoms with Gasteiger partial charge in [0.2, 0.25) is 0 Å². The number of aryl methyl sites for hydroxylation is 1. The van der Waals surface area contributed by atoms with E-state index < -0.39 is 27.1 Å². The summed E-state index contributed by atoms with van der Waals surface area (Å²) in [5.74, 6) is 0.886. The number of rotatable bonds is 7. The molecule has 1 aromatic carbocycles. The molecule has 42 heavy (non-hydrogen) atoms. The number of carbonyl (C=O) groups is 2. The molecule has 2 saturated carbocycles. The number of ether oxygens (including phenoxy) is 2. The van der Waals surface area contributed by atoms with Crippen LogP contribution in [0.4, 0.5) is 10.6 Å². The van der Waals surface area contributed by atoms with Crippen molar-refractivity contribution in [2.75, 3.05) is 31.1 Å². The molecular formula is C31H42N4O6S. The van der Waals surface area contributed by atoms with Gasteiger partial charge in [0.15, 0.2) is 10.6 Å². The number of sulfonamides is 1. The molecule has 3 aliphatic rings. The highest BCUT2D eigenvalue weighted by Gasteiger charge is 2.54. The molecule has 2 heterocycles. The average molecular weight is 599 g/mol. The maximum absolute atomic E-state index is 13.4. The highest BCUT2D eigenvalue weighted by molar-refractivity contribution is 7.90. The van der Waals surface area contributed by atoms with E-state index in [1.54, 1.807) is 17.0 Å². The first kappa shape index (κ1) is 30.1. The van der Waals surface area contributed by atoms with Crippen molar-refractivity contribution in [3.8, 4) is 5.75 Å². The summed E-state index contributed by atoms with van der Waals surface area (Å²) in [7, 11) is -4.24. The van der Waals surface area contributed by atoms with Crippen LogP contribution in [0.2, 0.25) is 0 Å². The molecule has 1 N–H and O–H groups in total. The van der Waals surface area contributed by atoms with Crippen LogP contribution in [0.5, 0.6) is 5.75 Å². The van der Waals surface area contributed by atoms with Crippen LogP contribution in [-0.2, 0) is 19.6 Å². The van der Waals surface area contributed by atoms with Gasteiger partial charge in [-0.1, -0.05) is 43.5 Å².